The lowest BCUT2D eigenvalue weighted by Crippen LogP contribution is -2.35. The van der Waals surface area contributed by atoms with Crippen LogP contribution in [0, 0.1) is 0 Å². The average molecular weight is 330 g/mol. The highest BCUT2D eigenvalue weighted by atomic mass is 79.9. The van der Waals surface area contributed by atoms with E-state index in [4.69, 9.17) is 4.74 Å². The molecule has 0 saturated carbocycles. The molecule has 0 spiro atoms. The van der Waals surface area contributed by atoms with Crippen LogP contribution in [-0.4, -0.2) is 23.4 Å². The van der Waals surface area contributed by atoms with Crippen LogP contribution in [0.25, 0.3) is 0 Å². The van der Waals surface area contributed by atoms with Crippen LogP contribution in [0.5, 0.6) is 5.75 Å². The maximum atomic E-state index is 9.19. The van der Waals surface area contributed by atoms with E-state index in [1.165, 1.54) is 5.56 Å². The molecule has 0 aromatic heterocycles. The number of rotatable bonds is 6. The highest BCUT2D eigenvalue weighted by Crippen LogP contribution is 2.26. The van der Waals surface area contributed by atoms with Gasteiger partial charge in [0.05, 0.1) is 17.2 Å². The van der Waals surface area contributed by atoms with Crippen molar-refractivity contribution in [3.05, 3.63) is 28.2 Å². The van der Waals surface area contributed by atoms with Gasteiger partial charge in [0.25, 0.3) is 0 Å². The predicted octanol–water partition coefficient (Wildman–Crippen LogP) is 3.49. The van der Waals surface area contributed by atoms with Crippen molar-refractivity contribution in [2.75, 3.05) is 6.61 Å². The zero-order valence-corrected chi connectivity index (χ0v) is 13.8. The van der Waals surface area contributed by atoms with Gasteiger partial charge in [0.2, 0.25) is 0 Å². The molecule has 0 fully saturated rings. The van der Waals surface area contributed by atoms with Gasteiger partial charge in [-0.3, -0.25) is 0 Å². The third-order valence-corrected chi connectivity index (χ3v) is 3.23. The van der Waals surface area contributed by atoms with Crippen LogP contribution in [-0.2, 0) is 6.54 Å². The zero-order chi connectivity index (χ0) is 14.5. The second-order valence-electron chi connectivity index (χ2n) is 5.85. The third kappa shape index (κ3) is 6.95. The molecular weight excluding hydrogens is 306 g/mol. The largest absolute Gasteiger partial charge is 0.492 e. The Morgan fingerprint density at radius 1 is 1.37 bits per heavy atom. The summed E-state index contributed by atoms with van der Waals surface area (Å²) in [4.78, 5) is 0. The molecule has 0 aliphatic carbocycles. The number of aliphatic hydroxyl groups is 1. The molecular formula is C15H24BrNO2. The van der Waals surface area contributed by atoms with Crippen molar-refractivity contribution in [1.82, 2.24) is 5.32 Å². The van der Waals surface area contributed by atoms with Crippen LogP contribution >= 0.6 is 15.9 Å². The van der Waals surface area contributed by atoms with Gasteiger partial charge in [-0.05, 0) is 61.3 Å². The molecule has 1 unspecified atom stereocenters. The minimum Gasteiger partial charge on any atom is -0.492 e. The Labute approximate surface area is 124 Å². The van der Waals surface area contributed by atoms with Gasteiger partial charge in [-0.2, -0.15) is 0 Å². The molecule has 1 aromatic rings. The first kappa shape index (κ1) is 16.5. The van der Waals surface area contributed by atoms with E-state index in [-0.39, 0.29) is 11.6 Å². The van der Waals surface area contributed by atoms with Crippen LogP contribution in [0.3, 0.4) is 0 Å². The van der Waals surface area contributed by atoms with Crippen LogP contribution in [0.15, 0.2) is 22.7 Å². The Hall–Kier alpha value is -0.580. The number of halogens is 1. The first-order valence-corrected chi connectivity index (χ1v) is 7.41. The molecule has 108 valence electrons. The molecule has 1 aromatic carbocycles. The number of benzene rings is 1. The van der Waals surface area contributed by atoms with Crippen molar-refractivity contribution in [1.29, 1.82) is 0 Å². The zero-order valence-electron chi connectivity index (χ0n) is 12.2. The summed E-state index contributed by atoms with van der Waals surface area (Å²) in [7, 11) is 0. The smallest absolute Gasteiger partial charge is 0.133 e. The Morgan fingerprint density at radius 3 is 2.58 bits per heavy atom. The van der Waals surface area contributed by atoms with E-state index in [1.54, 1.807) is 6.92 Å². The molecule has 1 atom stereocenters. The fourth-order valence-corrected chi connectivity index (χ4v) is 2.02. The molecule has 4 heteroatoms. The van der Waals surface area contributed by atoms with Crippen molar-refractivity contribution in [3.8, 4) is 5.75 Å². The summed E-state index contributed by atoms with van der Waals surface area (Å²) >= 11 is 3.52. The number of aliphatic hydroxyl groups excluding tert-OH is 1. The summed E-state index contributed by atoms with van der Waals surface area (Å²) in [5.41, 5.74) is 1.32. The molecule has 19 heavy (non-hydrogen) atoms. The van der Waals surface area contributed by atoms with E-state index < -0.39 is 0 Å². The van der Waals surface area contributed by atoms with Gasteiger partial charge in [-0.1, -0.05) is 6.07 Å². The highest BCUT2D eigenvalue weighted by Gasteiger charge is 2.09. The third-order valence-electron chi connectivity index (χ3n) is 2.61. The van der Waals surface area contributed by atoms with E-state index in [0.717, 1.165) is 16.8 Å². The van der Waals surface area contributed by atoms with E-state index in [1.807, 2.05) is 6.07 Å². The summed E-state index contributed by atoms with van der Waals surface area (Å²) in [6.07, 6.45) is 0.314. The van der Waals surface area contributed by atoms with E-state index in [0.29, 0.717) is 13.0 Å². The van der Waals surface area contributed by atoms with Crippen molar-refractivity contribution < 1.29 is 9.84 Å². The van der Waals surface area contributed by atoms with Crippen LogP contribution in [0.4, 0.5) is 0 Å². The van der Waals surface area contributed by atoms with Gasteiger partial charge in [0, 0.05) is 18.5 Å². The molecule has 0 aliphatic heterocycles. The van der Waals surface area contributed by atoms with E-state index >= 15 is 0 Å². The lowest BCUT2D eigenvalue weighted by atomic mass is 10.1. The monoisotopic (exact) mass is 329 g/mol. The summed E-state index contributed by atoms with van der Waals surface area (Å²) in [5, 5.41) is 12.6. The molecule has 0 saturated heterocycles. The maximum absolute atomic E-state index is 9.19. The lowest BCUT2D eigenvalue weighted by Gasteiger charge is -2.20. The molecule has 0 radical (unpaired) electrons. The van der Waals surface area contributed by atoms with Crippen LogP contribution < -0.4 is 10.1 Å². The van der Waals surface area contributed by atoms with Gasteiger partial charge in [0.15, 0.2) is 0 Å². The minimum atomic E-state index is -0.325. The quantitative estimate of drug-likeness (QED) is 0.839. The Bertz CT molecular complexity index is 400. The second-order valence-corrected chi connectivity index (χ2v) is 6.71. The number of nitrogens with one attached hydrogen (secondary N) is 1. The highest BCUT2D eigenvalue weighted by molar-refractivity contribution is 9.10. The van der Waals surface area contributed by atoms with Gasteiger partial charge in [-0.15, -0.1) is 0 Å². The minimum absolute atomic E-state index is 0.110. The van der Waals surface area contributed by atoms with E-state index in [2.05, 4.69) is 54.2 Å². The SMILES string of the molecule is CC(O)CCOc1ccc(CNC(C)(C)C)cc1Br. The van der Waals surface area contributed by atoms with Crippen molar-refractivity contribution in [2.24, 2.45) is 0 Å². The van der Waals surface area contributed by atoms with Gasteiger partial charge in [0.1, 0.15) is 5.75 Å². The van der Waals surface area contributed by atoms with Crippen molar-refractivity contribution >= 4 is 15.9 Å². The first-order chi connectivity index (χ1) is 8.78. The van der Waals surface area contributed by atoms with Crippen LogP contribution in [0.2, 0.25) is 0 Å². The number of ether oxygens (including phenoxy) is 1. The molecule has 0 heterocycles. The predicted molar refractivity (Wildman–Crippen MR) is 82.5 cm³/mol. The molecule has 3 nitrogen and oxygen atoms in total. The Morgan fingerprint density at radius 2 is 2.05 bits per heavy atom. The standard InChI is InChI=1S/C15H24BrNO2/c1-11(18)7-8-19-14-6-5-12(9-13(14)16)10-17-15(2,3)4/h5-6,9,11,17-18H,7-8,10H2,1-4H3. The fourth-order valence-electron chi connectivity index (χ4n) is 1.48. The maximum Gasteiger partial charge on any atom is 0.133 e. The topological polar surface area (TPSA) is 41.5 Å². The summed E-state index contributed by atoms with van der Waals surface area (Å²) in [6, 6.07) is 6.09. The number of hydrogen-bond acceptors (Lipinski definition) is 3. The molecule has 1 rings (SSSR count). The molecule has 0 amide bonds. The second kappa shape index (κ2) is 7.27. The van der Waals surface area contributed by atoms with Crippen molar-refractivity contribution in [3.63, 3.8) is 0 Å². The normalized spacial score (nSPS) is 13.4. The molecule has 2 N–H and O–H groups in total. The van der Waals surface area contributed by atoms with Gasteiger partial charge in [-0.25, -0.2) is 0 Å². The van der Waals surface area contributed by atoms with E-state index in [9.17, 15) is 5.11 Å². The van der Waals surface area contributed by atoms with Crippen molar-refractivity contribution in [2.45, 2.75) is 52.3 Å². The average Bonchev–Trinajstić information content (AvgIpc) is 2.27. The molecule has 0 bridgehead atoms. The summed E-state index contributed by atoms with van der Waals surface area (Å²) < 4.78 is 6.57. The fraction of sp³-hybridized carbons (Fsp3) is 0.600. The van der Waals surface area contributed by atoms with Crippen LogP contribution in [0.1, 0.15) is 39.7 Å². The number of hydrogen-bond donors (Lipinski definition) is 2. The summed E-state index contributed by atoms with van der Waals surface area (Å²) in [5.74, 6) is 0.820. The van der Waals surface area contributed by atoms with Gasteiger partial charge >= 0.3 is 0 Å². The summed E-state index contributed by atoms with van der Waals surface area (Å²) in [6.45, 7) is 9.56. The first-order valence-electron chi connectivity index (χ1n) is 6.62. The molecule has 0 aliphatic rings. The lowest BCUT2D eigenvalue weighted by molar-refractivity contribution is 0.155. The Kier molecular flexibility index (Phi) is 6.30. The Balaban J connectivity index is 2.54. The van der Waals surface area contributed by atoms with Gasteiger partial charge < -0.3 is 15.2 Å².